The first-order chi connectivity index (χ1) is 13.1. The third-order valence-corrected chi connectivity index (χ3v) is 5.22. The SMILES string of the molecule is CCc1ccc(-c2cn3c4ccccc4nc3n2CCN(C)C(C)=O)cc1. The summed E-state index contributed by atoms with van der Waals surface area (Å²) in [6, 6.07) is 16.8. The van der Waals surface area contributed by atoms with Crippen LogP contribution in [0.3, 0.4) is 0 Å². The predicted molar refractivity (Wildman–Crippen MR) is 109 cm³/mol. The molecule has 2 heterocycles. The van der Waals surface area contributed by atoms with Crippen molar-refractivity contribution in [3.05, 3.63) is 60.3 Å². The highest BCUT2D eigenvalue weighted by Gasteiger charge is 2.16. The van der Waals surface area contributed by atoms with Gasteiger partial charge in [-0.05, 0) is 29.7 Å². The van der Waals surface area contributed by atoms with E-state index in [2.05, 4.69) is 52.4 Å². The van der Waals surface area contributed by atoms with Crippen molar-refractivity contribution in [2.75, 3.05) is 13.6 Å². The van der Waals surface area contributed by atoms with Gasteiger partial charge in [-0.3, -0.25) is 9.20 Å². The molecule has 4 rings (SSSR count). The lowest BCUT2D eigenvalue weighted by molar-refractivity contribution is -0.127. The summed E-state index contributed by atoms with van der Waals surface area (Å²) in [5, 5.41) is 0. The van der Waals surface area contributed by atoms with Crippen LogP contribution >= 0.6 is 0 Å². The van der Waals surface area contributed by atoms with Crippen LogP contribution in [-0.2, 0) is 17.8 Å². The molecule has 0 saturated heterocycles. The van der Waals surface area contributed by atoms with E-state index in [4.69, 9.17) is 4.98 Å². The van der Waals surface area contributed by atoms with Crippen LogP contribution in [0.25, 0.3) is 28.1 Å². The Kier molecular flexibility index (Phi) is 4.44. The maximum absolute atomic E-state index is 11.6. The van der Waals surface area contributed by atoms with Crippen LogP contribution in [0, 0.1) is 0 Å². The van der Waals surface area contributed by atoms with Gasteiger partial charge in [0.15, 0.2) is 0 Å². The number of likely N-dealkylation sites (N-methyl/N-ethyl adjacent to an activating group) is 1. The van der Waals surface area contributed by atoms with Gasteiger partial charge in [-0.25, -0.2) is 4.98 Å². The number of amides is 1. The fourth-order valence-corrected chi connectivity index (χ4v) is 3.42. The Balaban J connectivity index is 1.84. The molecular weight excluding hydrogens is 336 g/mol. The van der Waals surface area contributed by atoms with E-state index < -0.39 is 0 Å². The molecule has 0 N–H and O–H groups in total. The molecule has 0 atom stereocenters. The van der Waals surface area contributed by atoms with Crippen molar-refractivity contribution >= 4 is 22.7 Å². The van der Waals surface area contributed by atoms with Gasteiger partial charge in [0.25, 0.3) is 0 Å². The first kappa shape index (κ1) is 17.3. The molecule has 0 saturated carbocycles. The van der Waals surface area contributed by atoms with Crippen LogP contribution in [0.1, 0.15) is 19.4 Å². The first-order valence-corrected chi connectivity index (χ1v) is 9.36. The summed E-state index contributed by atoms with van der Waals surface area (Å²) in [5.74, 6) is 0.975. The molecule has 0 bridgehead atoms. The second kappa shape index (κ2) is 6.91. The molecule has 0 spiro atoms. The molecule has 4 aromatic rings. The molecule has 5 nitrogen and oxygen atoms in total. The highest BCUT2D eigenvalue weighted by Crippen LogP contribution is 2.27. The summed E-state index contributed by atoms with van der Waals surface area (Å²) in [6.45, 7) is 5.10. The van der Waals surface area contributed by atoms with Gasteiger partial charge in [0.2, 0.25) is 11.7 Å². The number of fused-ring (bicyclic) bond motifs is 3. The Labute approximate surface area is 158 Å². The topological polar surface area (TPSA) is 42.5 Å². The Morgan fingerprint density at radius 2 is 1.85 bits per heavy atom. The number of aromatic nitrogens is 3. The minimum Gasteiger partial charge on any atom is -0.344 e. The lowest BCUT2D eigenvalue weighted by atomic mass is 10.1. The Bertz CT molecular complexity index is 1100. The van der Waals surface area contributed by atoms with Crippen molar-refractivity contribution < 1.29 is 4.79 Å². The summed E-state index contributed by atoms with van der Waals surface area (Å²) in [5.41, 5.74) is 5.67. The van der Waals surface area contributed by atoms with Crippen molar-refractivity contribution in [3.8, 4) is 11.3 Å². The first-order valence-electron chi connectivity index (χ1n) is 9.36. The quantitative estimate of drug-likeness (QED) is 0.540. The van der Waals surface area contributed by atoms with E-state index in [9.17, 15) is 4.79 Å². The minimum atomic E-state index is 0.0699. The summed E-state index contributed by atoms with van der Waals surface area (Å²) in [6.07, 6.45) is 3.18. The molecule has 2 aromatic carbocycles. The molecular formula is C22H24N4O. The zero-order valence-electron chi connectivity index (χ0n) is 16.0. The van der Waals surface area contributed by atoms with E-state index in [0.717, 1.165) is 34.5 Å². The van der Waals surface area contributed by atoms with Gasteiger partial charge in [0.05, 0.1) is 16.7 Å². The molecule has 1 amide bonds. The molecule has 138 valence electrons. The molecule has 27 heavy (non-hydrogen) atoms. The number of hydrogen-bond acceptors (Lipinski definition) is 2. The van der Waals surface area contributed by atoms with Crippen LogP contribution in [0.4, 0.5) is 0 Å². The molecule has 2 aromatic heterocycles. The van der Waals surface area contributed by atoms with E-state index in [1.54, 1.807) is 11.8 Å². The van der Waals surface area contributed by atoms with Crippen molar-refractivity contribution in [1.82, 2.24) is 18.9 Å². The monoisotopic (exact) mass is 360 g/mol. The van der Waals surface area contributed by atoms with Crippen molar-refractivity contribution in [3.63, 3.8) is 0 Å². The van der Waals surface area contributed by atoms with E-state index >= 15 is 0 Å². The number of benzene rings is 2. The average Bonchev–Trinajstić information content (AvgIpc) is 3.22. The van der Waals surface area contributed by atoms with Gasteiger partial charge in [0, 0.05) is 33.3 Å². The van der Waals surface area contributed by atoms with Gasteiger partial charge in [-0.15, -0.1) is 0 Å². The molecule has 0 aliphatic carbocycles. The number of carbonyl (C=O) groups excluding carboxylic acids is 1. The van der Waals surface area contributed by atoms with Gasteiger partial charge in [-0.2, -0.15) is 0 Å². The van der Waals surface area contributed by atoms with Crippen LogP contribution < -0.4 is 0 Å². The molecule has 0 fully saturated rings. The summed E-state index contributed by atoms with van der Waals surface area (Å²) in [7, 11) is 1.83. The number of nitrogens with zero attached hydrogens (tertiary/aromatic N) is 4. The highest BCUT2D eigenvalue weighted by molar-refractivity contribution is 5.81. The average molecular weight is 360 g/mol. The van der Waals surface area contributed by atoms with E-state index in [-0.39, 0.29) is 5.91 Å². The molecule has 0 radical (unpaired) electrons. The fraction of sp³-hybridized carbons (Fsp3) is 0.273. The second-order valence-corrected chi connectivity index (χ2v) is 6.93. The van der Waals surface area contributed by atoms with Crippen molar-refractivity contribution in [1.29, 1.82) is 0 Å². The van der Waals surface area contributed by atoms with E-state index in [1.165, 1.54) is 5.56 Å². The standard InChI is InChI=1S/C22H24N4O/c1-4-17-9-11-18(12-10-17)21-15-26-20-8-6-5-7-19(20)23-22(26)25(21)14-13-24(3)16(2)27/h5-12,15H,4,13-14H2,1-3H3. The fourth-order valence-electron chi connectivity index (χ4n) is 3.42. The smallest absolute Gasteiger partial charge is 0.219 e. The van der Waals surface area contributed by atoms with Crippen LogP contribution in [-0.4, -0.2) is 38.4 Å². The number of imidazole rings is 2. The predicted octanol–water partition coefficient (Wildman–Crippen LogP) is 4.00. The van der Waals surface area contributed by atoms with Crippen LogP contribution in [0.5, 0.6) is 0 Å². The van der Waals surface area contributed by atoms with Crippen molar-refractivity contribution in [2.24, 2.45) is 0 Å². The van der Waals surface area contributed by atoms with E-state index in [1.807, 2.05) is 25.2 Å². The third-order valence-electron chi connectivity index (χ3n) is 5.22. The number of carbonyl (C=O) groups is 1. The third kappa shape index (κ3) is 3.10. The number of aryl methyl sites for hydroxylation is 1. The van der Waals surface area contributed by atoms with E-state index in [0.29, 0.717) is 13.1 Å². The number of hydrogen-bond donors (Lipinski definition) is 0. The Morgan fingerprint density at radius 1 is 1.11 bits per heavy atom. The van der Waals surface area contributed by atoms with Gasteiger partial charge in [0.1, 0.15) is 0 Å². The molecule has 0 unspecified atom stereocenters. The number of rotatable bonds is 5. The molecule has 5 heteroatoms. The zero-order valence-corrected chi connectivity index (χ0v) is 16.0. The molecule has 0 aliphatic rings. The summed E-state index contributed by atoms with van der Waals surface area (Å²) in [4.78, 5) is 18.2. The van der Waals surface area contributed by atoms with Crippen LogP contribution in [0.15, 0.2) is 54.7 Å². The second-order valence-electron chi connectivity index (χ2n) is 6.93. The van der Waals surface area contributed by atoms with Gasteiger partial charge in [-0.1, -0.05) is 43.3 Å². The summed E-state index contributed by atoms with van der Waals surface area (Å²) >= 11 is 0. The normalized spacial score (nSPS) is 11.4. The maximum atomic E-state index is 11.6. The summed E-state index contributed by atoms with van der Waals surface area (Å²) < 4.78 is 4.35. The van der Waals surface area contributed by atoms with Gasteiger partial charge < -0.3 is 9.47 Å². The maximum Gasteiger partial charge on any atom is 0.219 e. The molecule has 0 aliphatic heterocycles. The van der Waals surface area contributed by atoms with Crippen LogP contribution in [0.2, 0.25) is 0 Å². The highest BCUT2D eigenvalue weighted by atomic mass is 16.2. The van der Waals surface area contributed by atoms with Crippen molar-refractivity contribution in [2.45, 2.75) is 26.8 Å². The number of para-hydroxylation sites is 2. The Morgan fingerprint density at radius 3 is 2.56 bits per heavy atom. The van der Waals surface area contributed by atoms with Gasteiger partial charge >= 0.3 is 0 Å². The lowest BCUT2D eigenvalue weighted by Crippen LogP contribution is -2.27. The largest absolute Gasteiger partial charge is 0.344 e. The minimum absolute atomic E-state index is 0.0699. The lowest BCUT2D eigenvalue weighted by Gasteiger charge is -2.16. The zero-order chi connectivity index (χ0) is 19.0. The Hall–Kier alpha value is -3.08.